The highest BCUT2D eigenvalue weighted by atomic mass is 16.7. The lowest BCUT2D eigenvalue weighted by Crippen LogP contribution is -2.37. The van der Waals surface area contributed by atoms with Crippen LogP contribution in [0.5, 0.6) is 17.2 Å². The number of nitrogens with one attached hydrogen (secondary N) is 1. The van der Waals surface area contributed by atoms with Gasteiger partial charge in [-0.15, -0.1) is 0 Å². The van der Waals surface area contributed by atoms with Crippen LogP contribution in [-0.4, -0.2) is 18.8 Å². The second kappa shape index (κ2) is 7.47. The average Bonchev–Trinajstić information content (AvgIpc) is 3.04. The van der Waals surface area contributed by atoms with Crippen molar-refractivity contribution in [2.45, 2.75) is 39.8 Å². The van der Waals surface area contributed by atoms with Crippen LogP contribution >= 0.6 is 0 Å². The van der Waals surface area contributed by atoms with Gasteiger partial charge in [0.2, 0.25) is 6.79 Å². The fraction of sp³-hybridized carbons (Fsp3) is 0.350. The van der Waals surface area contributed by atoms with Gasteiger partial charge in [-0.1, -0.05) is 19.1 Å². The van der Waals surface area contributed by atoms with E-state index in [-0.39, 0.29) is 12.7 Å². The maximum atomic E-state index is 12.5. The Morgan fingerprint density at radius 1 is 1.12 bits per heavy atom. The van der Waals surface area contributed by atoms with Crippen molar-refractivity contribution in [1.29, 1.82) is 0 Å². The maximum Gasteiger partial charge on any atom is 0.261 e. The fourth-order valence-electron chi connectivity index (χ4n) is 2.84. The zero-order valence-corrected chi connectivity index (χ0v) is 14.8. The minimum absolute atomic E-state index is 0.126. The van der Waals surface area contributed by atoms with Gasteiger partial charge in [-0.2, -0.15) is 0 Å². The van der Waals surface area contributed by atoms with Gasteiger partial charge in [-0.05, 0) is 61.2 Å². The maximum absolute atomic E-state index is 12.5. The Kier molecular flexibility index (Phi) is 5.12. The van der Waals surface area contributed by atoms with Crippen molar-refractivity contribution in [2.75, 3.05) is 6.79 Å². The predicted octanol–water partition coefficient (Wildman–Crippen LogP) is 3.51. The Morgan fingerprint density at radius 3 is 2.56 bits per heavy atom. The van der Waals surface area contributed by atoms with E-state index in [2.05, 4.69) is 11.4 Å². The first-order valence-corrected chi connectivity index (χ1v) is 8.46. The Morgan fingerprint density at radius 2 is 1.84 bits per heavy atom. The van der Waals surface area contributed by atoms with Gasteiger partial charge in [-0.25, -0.2) is 0 Å². The lowest BCUT2D eigenvalue weighted by Gasteiger charge is -2.18. The summed E-state index contributed by atoms with van der Waals surface area (Å²) < 4.78 is 16.5. The van der Waals surface area contributed by atoms with Crippen molar-refractivity contribution in [1.82, 2.24) is 5.32 Å². The first kappa shape index (κ1) is 17.1. The summed E-state index contributed by atoms with van der Waals surface area (Å²) in [7, 11) is 0. The van der Waals surface area contributed by atoms with E-state index >= 15 is 0 Å². The van der Waals surface area contributed by atoms with E-state index in [0.717, 1.165) is 28.2 Å². The number of carbonyl (C=O) groups excluding carboxylic acids is 1. The summed E-state index contributed by atoms with van der Waals surface area (Å²) in [5.41, 5.74) is 3.19. The quantitative estimate of drug-likeness (QED) is 0.874. The molecule has 1 heterocycles. The Hall–Kier alpha value is -2.69. The fourth-order valence-corrected chi connectivity index (χ4v) is 2.84. The summed E-state index contributed by atoms with van der Waals surface area (Å²) in [5.74, 6) is 2.05. The highest BCUT2D eigenvalue weighted by molar-refractivity contribution is 5.81. The summed E-state index contributed by atoms with van der Waals surface area (Å²) in [5, 5.41) is 2.93. The van der Waals surface area contributed by atoms with Crippen LogP contribution in [0.15, 0.2) is 36.4 Å². The average molecular weight is 341 g/mol. The number of hydrogen-bond acceptors (Lipinski definition) is 4. The lowest BCUT2D eigenvalue weighted by atomic mass is 10.1. The van der Waals surface area contributed by atoms with Crippen molar-refractivity contribution in [3.8, 4) is 17.2 Å². The van der Waals surface area contributed by atoms with Gasteiger partial charge >= 0.3 is 0 Å². The molecule has 132 valence electrons. The van der Waals surface area contributed by atoms with Crippen LogP contribution in [0.3, 0.4) is 0 Å². The zero-order valence-electron chi connectivity index (χ0n) is 14.8. The number of carbonyl (C=O) groups is 1. The van der Waals surface area contributed by atoms with Gasteiger partial charge in [0.15, 0.2) is 17.6 Å². The van der Waals surface area contributed by atoms with Crippen LogP contribution in [-0.2, 0) is 11.3 Å². The molecule has 5 nitrogen and oxygen atoms in total. The van der Waals surface area contributed by atoms with Gasteiger partial charge in [0.1, 0.15) is 5.75 Å². The third-order valence-corrected chi connectivity index (χ3v) is 4.04. The number of ether oxygens (including phenoxy) is 3. The van der Waals surface area contributed by atoms with E-state index < -0.39 is 6.10 Å². The molecule has 0 aromatic heterocycles. The molecule has 1 aliphatic rings. The minimum Gasteiger partial charge on any atom is -0.481 e. The molecule has 0 spiro atoms. The van der Waals surface area contributed by atoms with Crippen molar-refractivity contribution in [3.63, 3.8) is 0 Å². The summed E-state index contributed by atoms with van der Waals surface area (Å²) in [6.45, 7) is 6.63. The highest BCUT2D eigenvalue weighted by Gasteiger charge is 2.19. The zero-order chi connectivity index (χ0) is 17.8. The summed E-state index contributed by atoms with van der Waals surface area (Å²) in [4.78, 5) is 12.5. The van der Waals surface area contributed by atoms with Gasteiger partial charge in [0.25, 0.3) is 5.91 Å². The minimum atomic E-state index is -0.518. The smallest absolute Gasteiger partial charge is 0.261 e. The molecule has 0 fully saturated rings. The molecular formula is C20H23NO4. The van der Waals surface area contributed by atoms with Crippen molar-refractivity contribution in [2.24, 2.45) is 0 Å². The van der Waals surface area contributed by atoms with Crippen molar-refractivity contribution < 1.29 is 19.0 Å². The van der Waals surface area contributed by atoms with Crippen LogP contribution in [0.25, 0.3) is 0 Å². The van der Waals surface area contributed by atoms with Crippen LogP contribution in [0, 0.1) is 13.8 Å². The van der Waals surface area contributed by atoms with E-state index in [1.165, 1.54) is 0 Å². The molecule has 0 saturated carbocycles. The van der Waals surface area contributed by atoms with Crippen LogP contribution in [0.2, 0.25) is 0 Å². The normalized spacial score (nSPS) is 13.4. The van der Waals surface area contributed by atoms with E-state index in [1.807, 2.05) is 51.1 Å². The molecule has 0 radical (unpaired) electrons. The van der Waals surface area contributed by atoms with E-state index in [9.17, 15) is 4.79 Å². The Bertz CT molecular complexity index is 752. The number of amides is 1. The largest absolute Gasteiger partial charge is 0.481 e. The van der Waals surface area contributed by atoms with E-state index in [4.69, 9.17) is 14.2 Å². The third-order valence-electron chi connectivity index (χ3n) is 4.04. The number of aryl methyl sites for hydroxylation is 2. The summed E-state index contributed by atoms with van der Waals surface area (Å²) in [6.07, 6.45) is 0.0789. The highest BCUT2D eigenvalue weighted by Crippen LogP contribution is 2.32. The summed E-state index contributed by atoms with van der Waals surface area (Å²) in [6, 6.07) is 11.6. The van der Waals surface area contributed by atoms with Gasteiger partial charge < -0.3 is 19.5 Å². The number of benzene rings is 2. The molecule has 1 aliphatic heterocycles. The SMILES string of the molecule is CCC(Oc1cc(C)cc(C)c1)C(=O)NCc1ccc2c(c1)OCO2. The molecule has 1 amide bonds. The number of rotatable bonds is 6. The molecule has 2 aromatic rings. The van der Waals surface area contributed by atoms with Crippen LogP contribution in [0.1, 0.15) is 30.0 Å². The molecule has 2 aromatic carbocycles. The van der Waals surface area contributed by atoms with Gasteiger partial charge in [-0.3, -0.25) is 4.79 Å². The Balaban J connectivity index is 1.60. The predicted molar refractivity (Wildman–Crippen MR) is 95.0 cm³/mol. The molecule has 1 unspecified atom stereocenters. The monoisotopic (exact) mass is 341 g/mol. The molecule has 1 N–H and O–H groups in total. The Labute approximate surface area is 147 Å². The topological polar surface area (TPSA) is 56.8 Å². The molecule has 5 heteroatoms. The molecule has 0 bridgehead atoms. The molecule has 25 heavy (non-hydrogen) atoms. The number of fused-ring (bicyclic) bond motifs is 1. The second-order valence-electron chi connectivity index (χ2n) is 6.24. The van der Waals surface area contributed by atoms with Gasteiger partial charge in [0.05, 0.1) is 0 Å². The standard InChI is InChI=1S/C20H23NO4/c1-4-17(25-16-8-13(2)7-14(3)9-16)20(22)21-11-15-5-6-18-19(10-15)24-12-23-18/h5-10,17H,4,11-12H2,1-3H3,(H,21,22). The molecular weight excluding hydrogens is 318 g/mol. The van der Waals surface area contributed by atoms with Crippen LogP contribution < -0.4 is 19.5 Å². The third kappa shape index (κ3) is 4.24. The van der Waals surface area contributed by atoms with Crippen molar-refractivity contribution in [3.05, 3.63) is 53.1 Å². The molecule has 1 atom stereocenters. The van der Waals surface area contributed by atoms with E-state index in [1.54, 1.807) is 0 Å². The number of hydrogen-bond donors (Lipinski definition) is 1. The first-order valence-electron chi connectivity index (χ1n) is 8.46. The van der Waals surface area contributed by atoms with E-state index in [0.29, 0.717) is 18.7 Å². The van der Waals surface area contributed by atoms with Crippen molar-refractivity contribution >= 4 is 5.91 Å². The molecule has 0 aliphatic carbocycles. The second-order valence-corrected chi connectivity index (χ2v) is 6.24. The van der Waals surface area contributed by atoms with Crippen LogP contribution in [0.4, 0.5) is 0 Å². The first-order chi connectivity index (χ1) is 12.0. The summed E-state index contributed by atoms with van der Waals surface area (Å²) >= 11 is 0. The van der Waals surface area contributed by atoms with Gasteiger partial charge in [0, 0.05) is 6.54 Å². The molecule has 0 saturated heterocycles. The molecule has 3 rings (SSSR count). The lowest BCUT2D eigenvalue weighted by molar-refractivity contribution is -0.128.